The summed E-state index contributed by atoms with van der Waals surface area (Å²) < 4.78 is 9.83. The zero-order valence-corrected chi connectivity index (χ0v) is 10.8. The van der Waals surface area contributed by atoms with Crippen molar-refractivity contribution in [2.45, 2.75) is 6.92 Å². The topological polar surface area (TPSA) is 90.7 Å². The van der Waals surface area contributed by atoms with Crippen molar-refractivity contribution in [3.63, 3.8) is 0 Å². The lowest BCUT2D eigenvalue weighted by Gasteiger charge is -2.08. The number of non-ortho nitro benzene ring substituents is 1. The second-order valence-corrected chi connectivity index (χ2v) is 3.85. The van der Waals surface area contributed by atoms with Gasteiger partial charge in [0, 0.05) is 19.2 Å². The lowest BCUT2D eigenvalue weighted by Crippen LogP contribution is -2.20. The van der Waals surface area contributed by atoms with E-state index in [0.29, 0.717) is 18.9 Å². The Morgan fingerprint density at radius 3 is 2.79 bits per heavy atom. The van der Waals surface area contributed by atoms with Crippen molar-refractivity contribution in [2.24, 2.45) is 0 Å². The van der Waals surface area contributed by atoms with E-state index in [1.165, 1.54) is 19.2 Å². The van der Waals surface area contributed by atoms with Crippen molar-refractivity contribution in [3.05, 3.63) is 33.9 Å². The van der Waals surface area contributed by atoms with Crippen LogP contribution in [-0.2, 0) is 14.3 Å². The third-order valence-corrected chi connectivity index (χ3v) is 2.37. The number of carbonyl (C=O) groups is 1. The van der Waals surface area contributed by atoms with Gasteiger partial charge in [-0.3, -0.25) is 14.9 Å². The smallest absolute Gasteiger partial charge is 0.271 e. The first-order valence-electron chi connectivity index (χ1n) is 5.66. The molecule has 104 valence electrons. The quantitative estimate of drug-likeness (QED) is 0.460. The summed E-state index contributed by atoms with van der Waals surface area (Å²) in [6, 6.07) is 4.29. The van der Waals surface area contributed by atoms with Crippen LogP contribution >= 0.6 is 0 Å². The Balaban J connectivity index is 2.58. The summed E-state index contributed by atoms with van der Waals surface area (Å²) in [6.07, 6.45) is 0. The first-order chi connectivity index (χ1) is 9.04. The average Bonchev–Trinajstić information content (AvgIpc) is 2.37. The third-order valence-electron chi connectivity index (χ3n) is 2.37. The number of nitrogens with zero attached hydrogens (tertiary/aromatic N) is 1. The van der Waals surface area contributed by atoms with Crippen LogP contribution < -0.4 is 5.32 Å². The lowest BCUT2D eigenvalue weighted by molar-refractivity contribution is -0.384. The highest BCUT2D eigenvalue weighted by molar-refractivity contribution is 5.92. The van der Waals surface area contributed by atoms with Gasteiger partial charge in [-0.25, -0.2) is 0 Å². The summed E-state index contributed by atoms with van der Waals surface area (Å²) in [7, 11) is 1.54. The van der Waals surface area contributed by atoms with Crippen molar-refractivity contribution < 1.29 is 19.2 Å². The Kier molecular flexibility index (Phi) is 5.91. The molecular formula is C12H16N2O5. The molecule has 0 radical (unpaired) electrons. The first-order valence-corrected chi connectivity index (χ1v) is 5.66. The van der Waals surface area contributed by atoms with Crippen molar-refractivity contribution >= 4 is 17.3 Å². The number of nitro benzene ring substituents is 1. The van der Waals surface area contributed by atoms with E-state index in [1.807, 2.05) is 0 Å². The molecule has 0 saturated carbocycles. The summed E-state index contributed by atoms with van der Waals surface area (Å²) in [4.78, 5) is 21.7. The first kappa shape index (κ1) is 15.1. The van der Waals surface area contributed by atoms with Crippen molar-refractivity contribution in [2.75, 3.05) is 32.2 Å². The van der Waals surface area contributed by atoms with Gasteiger partial charge in [-0.05, 0) is 12.5 Å². The highest BCUT2D eigenvalue weighted by Gasteiger charge is 2.11. The molecule has 19 heavy (non-hydrogen) atoms. The number of rotatable bonds is 7. The van der Waals surface area contributed by atoms with E-state index in [2.05, 4.69) is 5.32 Å². The minimum Gasteiger partial charge on any atom is -0.382 e. The van der Waals surface area contributed by atoms with Crippen molar-refractivity contribution in [1.29, 1.82) is 0 Å². The second kappa shape index (κ2) is 7.45. The molecule has 7 heteroatoms. The van der Waals surface area contributed by atoms with Gasteiger partial charge in [-0.1, -0.05) is 6.07 Å². The van der Waals surface area contributed by atoms with Crippen LogP contribution in [0, 0.1) is 17.0 Å². The van der Waals surface area contributed by atoms with Crippen LogP contribution in [0.1, 0.15) is 5.56 Å². The van der Waals surface area contributed by atoms with Gasteiger partial charge in [0.1, 0.15) is 6.61 Å². The zero-order valence-electron chi connectivity index (χ0n) is 10.8. The number of aryl methyl sites for hydroxylation is 1. The molecule has 0 fully saturated rings. The number of hydrogen-bond acceptors (Lipinski definition) is 5. The Bertz CT molecular complexity index is 461. The van der Waals surface area contributed by atoms with Crippen LogP contribution in [0.25, 0.3) is 0 Å². The summed E-state index contributed by atoms with van der Waals surface area (Å²) in [6.45, 7) is 2.36. The molecule has 7 nitrogen and oxygen atoms in total. The van der Waals surface area contributed by atoms with Gasteiger partial charge in [0.2, 0.25) is 5.91 Å². The number of nitro groups is 1. The van der Waals surface area contributed by atoms with E-state index in [4.69, 9.17) is 9.47 Å². The van der Waals surface area contributed by atoms with Gasteiger partial charge >= 0.3 is 0 Å². The minimum absolute atomic E-state index is 0.0683. The number of anilines is 1. The van der Waals surface area contributed by atoms with Gasteiger partial charge in [-0.2, -0.15) is 0 Å². The number of methoxy groups -OCH3 is 1. The molecule has 1 amide bonds. The number of nitrogens with one attached hydrogen (secondary N) is 1. The molecule has 1 aromatic rings. The fraction of sp³-hybridized carbons (Fsp3) is 0.417. The normalized spacial score (nSPS) is 10.2. The number of amides is 1. The molecule has 0 aromatic heterocycles. The van der Waals surface area contributed by atoms with E-state index >= 15 is 0 Å². The van der Waals surface area contributed by atoms with Gasteiger partial charge in [0.05, 0.1) is 23.8 Å². The molecule has 0 aliphatic carbocycles. The molecule has 0 atom stereocenters. The average molecular weight is 268 g/mol. The van der Waals surface area contributed by atoms with E-state index in [1.54, 1.807) is 13.0 Å². The standard InChI is InChI=1S/C12H16N2O5/c1-9-3-4-10(14(16)17)7-11(9)13-12(15)8-19-6-5-18-2/h3-4,7H,5-6,8H2,1-2H3,(H,13,15). The molecule has 0 saturated heterocycles. The van der Waals surface area contributed by atoms with E-state index in [-0.39, 0.29) is 18.2 Å². The maximum absolute atomic E-state index is 11.6. The second-order valence-electron chi connectivity index (χ2n) is 3.85. The summed E-state index contributed by atoms with van der Waals surface area (Å²) in [5.74, 6) is -0.361. The third kappa shape index (κ3) is 5.02. The summed E-state index contributed by atoms with van der Waals surface area (Å²) >= 11 is 0. The molecule has 0 aliphatic rings. The van der Waals surface area contributed by atoms with Gasteiger partial charge in [-0.15, -0.1) is 0 Å². The maximum Gasteiger partial charge on any atom is 0.271 e. The van der Waals surface area contributed by atoms with Crippen LogP contribution in [0.5, 0.6) is 0 Å². The molecule has 1 aromatic carbocycles. The Morgan fingerprint density at radius 2 is 2.16 bits per heavy atom. The zero-order chi connectivity index (χ0) is 14.3. The van der Waals surface area contributed by atoms with E-state index in [9.17, 15) is 14.9 Å². The molecule has 1 rings (SSSR count). The van der Waals surface area contributed by atoms with Gasteiger partial charge in [0.25, 0.3) is 5.69 Å². The van der Waals surface area contributed by atoms with E-state index < -0.39 is 4.92 Å². The fourth-order valence-electron chi connectivity index (χ4n) is 1.35. The van der Waals surface area contributed by atoms with Crippen LogP contribution in [-0.4, -0.2) is 37.8 Å². The van der Waals surface area contributed by atoms with Crippen LogP contribution in [0.2, 0.25) is 0 Å². The molecule has 0 bridgehead atoms. The molecule has 0 spiro atoms. The lowest BCUT2D eigenvalue weighted by atomic mass is 10.2. The van der Waals surface area contributed by atoms with Gasteiger partial charge < -0.3 is 14.8 Å². The van der Waals surface area contributed by atoms with Crippen molar-refractivity contribution in [3.8, 4) is 0 Å². The number of benzene rings is 1. The fourth-order valence-corrected chi connectivity index (χ4v) is 1.35. The SMILES string of the molecule is COCCOCC(=O)Nc1cc([N+](=O)[O-])ccc1C. The number of hydrogen-bond donors (Lipinski definition) is 1. The molecular weight excluding hydrogens is 252 g/mol. The van der Waals surface area contributed by atoms with Crippen molar-refractivity contribution in [1.82, 2.24) is 0 Å². The summed E-state index contributed by atoms with van der Waals surface area (Å²) in [5.41, 5.74) is 1.09. The Morgan fingerprint density at radius 1 is 1.42 bits per heavy atom. The predicted octanol–water partition coefficient (Wildman–Crippen LogP) is 1.50. The van der Waals surface area contributed by atoms with Gasteiger partial charge in [0.15, 0.2) is 0 Å². The molecule has 1 N–H and O–H groups in total. The van der Waals surface area contributed by atoms with Crippen LogP contribution in [0.4, 0.5) is 11.4 Å². The molecule has 0 aliphatic heterocycles. The molecule has 0 unspecified atom stereocenters. The predicted molar refractivity (Wildman–Crippen MR) is 69.2 cm³/mol. The maximum atomic E-state index is 11.6. The highest BCUT2D eigenvalue weighted by Crippen LogP contribution is 2.21. The highest BCUT2D eigenvalue weighted by atomic mass is 16.6. The summed E-state index contributed by atoms with van der Waals surface area (Å²) in [5, 5.41) is 13.2. The molecule has 0 heterocycles. The largest absolute Gasteiger partial charge is 0.382 e. The monoisotopic (exact) mass is 268 g/mol. The Labute approximate surface area is 110 Å². The number of ether oxygens (including phenoxy) is 2. The number of carbonyl (C=O) groups excluding carboxylic acids is 1. The minimum atomic E-state index is -0.510. The Hall–Kier alpha value is -1.99. The van der Waals surface area contributed by atoms with E-state index in [0.717, 1.165) is 5.56 Å². The van der Waals surface area contributed by atoms with Crippen LogP contribution in [0.3, 0.4) is 0 Å². The van der Waals surface area contributed by atoms with Crippen LogP contribution in [0.15, 0.2) is 18.2 Å².